The zero-order valence-electron chi connectivity index (χ0n) is 10.0. The first-order valence-corrected chi connectivity index (χ1v) is 5.80. The van der Waals surface area contributed by atoms with Crippen molar-refractivity contribution in [2.24, 2.45) is 5.92 Å². The Morgan fingerprint density at radius 1 is 1.41 bits per heavy atom. The second kappa shape index (κ2) is 5.64. The number of hydrogen-bond donors (Lipinski definition) is 0. The second-order valence-electron chi connectivity index (χ2n) is 4.24. The van der Waals surface area contributed by atoms with E-state index in [0.717, 1.165) is 19.6 Å². The number of methoxy groups -OCH3 is 1. The van der Waals surface area contributed by atoms with E-state index in [1.807, 2.05) is 30.4 Å². The van der Waals surface area contributed by atoms with Crippen LogP contribution in [-0.2, 0) is 16.1 Å². The maximum Gasteiger partial charge on any atom is 0.313 e. The highest BCUT2D eigenvalue weighted by Gasteiger charge is 2.22. The monoisotopic (exact) mass is 231 g/mol. The smallest absolute Gasteiger partial charge is 0.313 e. The number of rotatable bonds is 3. The fraction of sp³-hybridized carbons (Fsp3) is 0.357. The fourth-order valence-electron chi connectivity index (χ4n) is 2.06. The van der Waals surface area contributed by atoms with Crippen molar-refractivity contribution < 1.29 is 9.53 Å². The van der Waals surface area contributed by atoms with Gasteiger partial charge in [-0.05, 0) is 5.56 Å². The highest BCUT2D eigenvalue weighted by molar-refractivity contribution is 5.74. The van der Waals surface area contributed by atoms with Crippen molar-refractivity contribution in [2.45, 2.75) is 6.54 Å². The molecule has 0 N–H and O–H groups in total. The lowest BCUT2D eigenvalue weighted by atomic mass is 10.0. The standard InChI is InChI=1S/C14H17NO2/c1-17-14(16)13-8-5-9-15(11-13)10-12-6-3-2-4-7-12/h2-8,13H,9-11H2,1H3. The minimum absolute atomic E-state index is 0.127. The molecule has 0 saturated heterocycles. The van der Waals surface area contributed by atoms with Crippen LogP contribution in [-0.4, -0.2) is 31.1 Å². The lowest BCUT2D eigenvalue weighted by Gasteiger charge is -2.27. The molecule has 0 fully saturated rings. The van der Waals surface area contributed by atoms with Gasteiger partial charge in [-0.15, -0.1) is 0 Å². The third-order valence-electron chi connectivity index (χ3n) is 2.94. The molecule has 2 rings (SSSR count). The Morgan fingerprint density at radius 2 is 2.18 bits per heavy atom. The van der Waals surface area contributed by atoms with Gasteiger partial charge in [-0.1, -0.05) is 42.5 Å². The van der Waals surface area contributed by atoms with Gasteiger partial charge in [0.1, 0.15) is 0 Å². The lowest BCUT2D eigenvalue weighted by Crippen LogP contribution is -2.35. The lowest BCUT2D eigenvalue weighted by molar-refractivity contribution is -0.144. The average molecular weight is 231 g/mol. The molecule has 1 atom stereocenters. The molecule has 1 heterocycles. The van der Waals surface area contributed by atoms with Gasteiger partial charge >= 0.3 is 5.97 Å². The van der Waals surface area contributed by atoms with Crippen LogP contribution in [0.1, 0.15) is 5.56 Å². The first-order chi connectivity index (χ1) is 8.29. The van der Waals surface area contributed by atoms with Crippen molar-refractivity contribution in [1.29, 1.82) is 0 Å². The van der Waals surface area contributed by atoms with E-state index in [1.165, 1.54) is 12.7 Å². The van der Waals surface area contributed by atoms with E-state index in [1.54, 1.807) is 0 Å². The summed E-state index contributed by atoms with van der Waals surface area (Å²) in [6, 6.07) is 10.3. The molecule has 0 saturated carbocycles. The summed E-state index contributed by atoms with van der Waals surface area (Å²) in [5.41, 5.74) is 1.27. The Hall–Kier alpha value is -1.61. The summed E-state index contributed by atoms with van der Waals surface area (Å²) in [5.74, 6) is -0.281. The van der Waals surface area contributed by atoms with Crippen LogP contribution in [0.4, 0.5) is 0 Å². The van der Waals surface area contributed by atoms with E-state index in [-0.39, 0.29) is 11.9 Å². The zero-order valence-corrected chi connectivity index (χ0v) is 10.0. The fourth-order valence-corrected chi connectivity index (χ4v) is 2.06. The predicted octanol–water partition coefficient (Wildman–Crippen LogP) is 1.85. The zero-order chi connectivity index (χ0) is 12.1. The van der Waals surface area contributed by atoms with Gasteiger partial charge in [0.25, 0.3) is 0 Å². The maximum atomic E-state index is 11.5. The third kappa shape index (κ3) is 3.17. The first-order valence-electron chi connectivity index (χ1n) is 5.80. The number of carbonyl (C=O) groups excluding carboxylic acids is 1. The molecule has 3 nitrogen and oxygen atoms in total. The molecular weight excluding hydrogens is 214 g/mol. The predicted molar refractivity (Wildman–Crippen MR) is 66.4 cm³/mol. The van der Waals surface area contributed by atoms with E-state index in [4.69, 9.17) is 4.74 Å². The summed E-state index contributed by atoms with van der Waals surface area (Å²) in [6.45, 7) is 2.50. The Kier molecular flexibility index (Phi) is 3.94. The highest BCUT2D eigenvalue weighted by atomic mass is 16.5. The molecule has 17 heavy (non-hydrogen) atoms. The van der Waals surface area contributed by atoms with Crippen molar-refractivity contribution >= 4 is 5.97 Å². The van der Waals surface area contributed by atoms with Gasteiger partial charge in [-0.2, -0.15) is 0 Å². The Morgan fingerprint density at radius 3 is 2.88 bits per heavy atom. The van der Waals surface area contributed by atoms with E-state index in [0.29, 0.717) is 0 Å². The van der Waals surface area contributed by atoms with E-state index in [2.05, 4.69) is 17.0 Å². The van der Waals surface area contributed by atoms with Crippen LogP contribution in [0.15, 0.2) is 42.5 Å². The molecule has 1 unspecified atom stereocenters. The van der Waals surface area contributed by atoms with Gasteiger partial charge in [0.05, 0.1) is 13.0 Å². The molecule has 1 aromatic rings. The summed E-state index contributed by atoms with van der Waals surface area (Å²) in [7, 11) is 1.44. The summed E-state index contributed by atoms with van der Waals surface area (Å²) in [6.07, 6.45) is 3.97. The minimum atomic E-state index is -0.154. The van der Waals surface area contributed by atoms with E-state index in [9.17, 15) is 4.79 Å². The highest BCUT2D eigenvalue weighted by Crippen LogP contribution is 2.14. The minimum Gasteiger partial charge on any atom is -0.469 e. The van der Waals surface area contributed by atoms with Crippen LogP contribution in [0.25, 0.3) is 0 Å². The Bertz CT molecular complexity index is 400. The van der Waals surface area contributed by atoms with E-state index < -0.39 is 0 Å². The number of ether oxygens (including phenoxy) is 1. The van der Waals surface area contributed by atoms with Crippen LogP contribution in [0.3, 0.4) is 0 Å². The molecule has 0 radical (unpaired) electrons. The van der Waals surface area contributed by atoms with Crippen molar-refractivity contribution in [3.8, 4) is 0 Å². The van der Waals surface area contributed by atoms with Crippen LogP contribution in [0, 0.1) is 5.92 Å². The van der Waals surface area contributed by atoms with Gasteiger partial charge in [-0.25, -0.2) is 0 Å². The molecule has 3 heteroatoms. The van der Waals surface area contributed by atoms with E-state index >= 15 is 0 Å². The molecule has 0 spiro atoms. The molecule has 0 amide bonds. The third-order valence-corrected chi connectivity index (χ3v) is 2.94. The summed E-state index contributed by atoms with van der Waals surface area (Å²) >= 11 is 0. The number of nitrogens with zero attached hydrogens (tertiary/aromatic N) is 1. The van der Waals surface area contributed by atoms with Crippen LogP contribution >= 0.6 is 0 Å². The molecule has 0 bridgehead atoms. The van der Waals surface area contributed by atoms with Crippen LogP contribution in [0.5, 0.6) is 0 Å². The quantitative estimate of drug-likeness (QED) is 0.587. The number of esters is 1. The Balaban J connectivity index is 1.96. The van der Waals surface area contributed by atoms with Crippen LogP contribution in [0.2, 0.25) is 0 Å². The Labute approximate surface area is 102 Å². The molecule has 0 aliphatic carbocycles. The molecule has 90 valence electrons. The summed E-state index contributed by atoms with van der Waals surface area (Å²) < 4.78 is 4.77. The molecule has 1 aliphatic rings. The van der Waals surface area contributed by atoms with Crippen molar-refractivity contribution in [3.63, 3.8) is 0 Å². The molecule has 1 aliphatic heterocycles. The van der Waals surface area contributed by atoms with Gasteiger partial charge in [0, 0.05) is 19.6 Å². The van der Waals surface area contributed by atoms with Gasteiger partial charge in [0.15, 0.2) is 0 Å². The molecular formula is C14H17NO2. The first kappa shape index (κ1) is 11.9. The summed E-state index contributed by atoms with van der Waals surface area (Å²) in [5, 5.41) is 0. The van der Waals surface area contributed by atoms with Crippen molar-refractivity contribution in [3.05, 3.63) is 48.0 Å². The van der Waals surface area contributed by atoms with Gasteiger partial charge in [-0.3, -0.25) is 9.69 Å². The number of hydrogen-bond acceptors (Lipinski definition) is 3. The largest absolute Gasteiger partial charge is 0.469 e. The van der Waals surface area contributed by atoms with Crippen molar-refractivity contribution in [1.82, 2.24) is 4.90 Å². The van der Waals surface area contributed by atoms with Gasteiger partial charge < -0.3 is 4.74 Å². The number of carbonyl (C=O) groups is 1. The van der Waals surface area contributed by atoms with Crippen molar-refractivity contribution in [2.75, 3.05) is 20.2 Å². The normalized spacial score (nSPS) is 20.2. The van der Waals surface area contributed by atoms with Crippen LogP contribution < -0.4 is 0 Å². The molecule has 1 aromatic carbocycles. The topological polar surface area (TPSA) is 29.5 Å². The second-order valence-corrected chi connectivity index (χ2v) is 4.24. The van der Waals surface area contributed by atoms with Gasteiger partial charge in [0.2, 0.25) is 0 Å². The summed E-state index contributed by atoms with van der Waals surface area (Å²) in [4.78, 5) is 13.7. The maximum absolute atomic E-state index is 11.5. The average Bonchev–Trinajstić information content (AvgIpc) is 2.39. The molecule has 0 aromatic heterocycles. The SMILES string of the molecule is COC(=O)C1C=CCN(Cc2ccccc2)C1. The number of benzene rings is 1.